The van der Waals surface area contributed by atoms with Gasteiger partial charge < -0.3 is 10.1 Å². The molecule has 1 amide bonds. The molecule has 0 saturated carbocycles. The minimum Gasteiger partial charge on any atom is -0.377 e. The Labute approximate surface area is 167 Å². The van der Waals surface area contributed by atoms with Crippen LogP contribution in [0, 0.1) is 0 Å². The Bertz CT molecular complexity index is 909. The fourth-order valence-electron chi connectivity index (χ4n) is 3.00. The summed E-state index contributed by atoms with van der Waals surface area (Å²) in [6, 6.07) is 11.5. The van der Waals surface area contributed by atoms with Crippen molar-refractivity contribution < 1.29 is 9.53 Å². The van der Waals surface area contributed by atoms with Crippen molar-refractivity contribution in [2.75, 3.05) is 12.4 Å². The Balaban J connectivity index is 1.35. The molecule has 28 heavy (non-hydrogen) atoms. The zero-order chi connectivity index (χ0) is 19.2. The summed E-state index contributed by atoms with van der Waals surface area (Å²) >= 11 is 1.68. The maximum Gasteiger partial charge on any atom is 0.252 e. The van der Waals surface area contributed by atoms with Gasteiger partial charge in [-0.15, -0.1) is 11.8 Å². The quantitative estimate of drug-likeness (QED) is 0.620. The average molecular weight is 395 g/mol. The predicted molar refractivity (Wildman–Crippen MR) is 106 cm³/mol. The first-order valence-electron chi connectivity index (χ1n) is 9.21. The van der Waals surface area contributed by atoms with Gasteiger partial charge in [0.05, 0.1) is 11.7 Å². The first-order valence-corrected chi connectivity index (χ1v) is 10.2. The SMILES string of the molecule is O=C(NCc1ccc(-n2cncn2)nc1)c1ccccc1SC[C@@H]1CCCO1. The van der Waals surface area contributed by atoms with Gasteiger partial charge in [0, 0.05) is 30.0 Å². The van der Waals surface area contributed by atoms with Crippen LogP contribution in [0.5, 0.6) is 0 Å². The van der Waals surface area contributed by atoms with Crippen molar-refractivity contribution in [3.63, 3.8) is 0 Å². The highest BCUT2D eigenvalue weighted by Gasteiger charge is 2.17. The van der Waals surface area contributed by atoms with Gasteiger partial charge in [-0.1, -0.05) is 18.2 Å². The molecule has 8 heteroatoms. The molecule has 0 bridgehead atoms. The van der Waals surface area contributed by atoms with E-state index in [1.54, 1.807) is 29.0 Å². The monoisotopic (exact) mass is 395 g/mol. The van der Waals surface area contributed by atoms with Gasteiger partial charge in [0.1, 0.15) is 12.7 Å². The first-order chi connectivity index (χ1) is 13.8. The van der Waals surface area contributed by atoms with E-state index in [0.29, 0.717) is 17.9 Å². The highest BCUT2D eigenvalue weighted by Crippen LogP contribution is 2.26. The number of ether oxygens (including phenoxy) is 1. The minimum atomic E-state index is -0.0872. The summed E-state index contributed by atoms with van der Waals surface area (Å²) in [5.41, 5.74) is 1.61. The van der Waals surface area contributed by atoms with Crippen LogP contribution in [0.3, 0.4) is 0 Å². The van der Waals surface area contributed by atoms with Crippen LogP contribution in [0.2, 0.25) is 0 Å². The molecule has 1 aliphatic heterocycles. The number of hydrogen-bond acceptors (Lipinski definition) is 6. The van der Waals surface area contributed by atoms with Crippen LogP contribution >= 0.6 is 11.8 Å². The molecule has 3 aromatic rings. The average Bonchev–Trinajstić information content (AvgIpc) is 3.45. The summed E-state index contributed by atoms with van der Waals surface area (Å²) in [6.07, 6.45) is 7.29. The third-order valence-corrected chi connectivity index (χ3v) is 5.70. The van der Waals surface area contributed by atoms with E-state index in [1.165, 1.54) is 6.33 Å². The maximum atomic E-state index is 12.7. The fraction of sp³-hybridized carbons (Fsp3) is 0.300. The number of pyridine rings is 1. The lowest BCUT2D eigenvalue weighted by Gasteiger charge is -2.12. The number of thioether (sulfide) groups is 1. The molecule has 0 aliphatic carbocycles. The molecule has 4 rings (SSSR count). The fourth-order valence-corrected chi connectivity index (χ4v) is 4.12. The van der Waals surface area contributed by atoms with Gasteiger partial charge in [-0.05, 0) is 36.6 Å². The second kappa shape index (κ2) is 8.99. The molecule has 0 radical (unpaired) electrons. The van der Waals surface area contributed by atoms with Gasteiger partial charge >= 0.3 is 0 Å². The Morgan fingerprint density at radius 3 is 2.96 bits per heavy atom. The zero-order valence-electron chi connectivity index (χ0n) is 15.3. The van der Waals surface area contributed by atoms with Crippen LogP contribution in [0.25, 0.3) is 5.82 Å². The third-order valence-electron chi connectivity index (χ3n) is 4.50. The lowest BCUT2D eigenvalue weighted by molar-refractivity contribution is 0.0947. The molecule has 1 aliphatic rings. The number of aromatic nitrogens is 4. The number of amides is 1. The van der Waals surface area contributed by atoms with E-state index >= 15 is 0 Å². The molecule has 1 saturated heterocycles. The van der Waals surface area contributed by atoms with Crippen molar-refractivity contribution in [3.8, 4) is 5.82 Å². The van der Waals surface area contributed by atoms with Crippen LogP contribution < -0.4 is 5.32 Å². The van der Waals surface area contributed by atoms with Crippen LogP contribution in [-0.4, -0.2) is 44.1 Å². The smallest absolute Gasteiger partial charge is 0.252 e. The Morgan fingerprint density at radius 1 is 1.29 bits per heavy atom. The van der Waals surface area contributed by atoms with E-state index in [2.05, 4.69) is 20.4 Å². The van der Waals surface area contributed by atoms with Crippen LogP contribution in [0.4, 0.5) is 0 Å². The molecule has 7 nitrogen and oxygen atoms in total. The van der Waals surface area contributed by atoms with E-state index in [9.17, 15) is 4.79 Å². The van der Waals surface area contributed by atoms with Crippen molar-refractivity contribution in [1.82, 2.24) is 25.1 Å². The van der Waals surface area contributed by atoms with Crippen LogP contribution in [0.1, 0.15) is 28.8 Å². The van der Waals surface area contributed by atoms with Gasteiger partial charge in [-0.25, -0.2) is 14.6 Å². The molecular formula is C20H21N5O2S. The third kappa shape index (κ3) is 4.58. The summed E-state index contributed by atoms with van der Waals surface area (Å²) < 4.78 is 7.27. The lowest BCUT2D eigenvalue weighted by Crippen LogP contribution is -2.23. The number of carbonyl (C=O) groups is 1. The zero-order valence-corrected chi connectivity index (χ0v) is 16.1. The maximum absolute atomic E-state index is 12.7. The molecule has 0 spiro atoms. The number of carbonyl (C=O) groups excluding carboxylic acids is 1. The number of hydrogen-bond donors (Lipinski definition) is 1. The highest BCUT2D eigenvalue weighted by atomic mass is 32.2. The molecule has 1 N–H and O–H groups in total. The number of rotatable bonds is 7. The van der Waals surface area contributed by atoms with Crippen molar-refractivity contribution in [3.05, 3.63) is 66.4 Å². The normalized spacial score (nSPS) is 16.2. The molecule has 144 valence electrons. The Morgan fingerprint density at radius 2 is 2.21 bits per heavy atom. The lowest BCUT2D eigenvalue weighted by atomic mass is 10.2. The standard InChI is InChI=1S/C20H21N5O2S/c26-20(17-5-1-2-6-18(17)28-12-16-4-3-9-27-16)23-11-15-7-8-19(22-10-15)25-14-21-13-24-25/h1-2,5-8,10,13-14,16H,3-4,9,11-12H2,(H,23,26)/t16-/m0/s1. The number of benzene rings is 1. The molecule has 0 unspecified atom stereocenters. The van der Waals surface area contributed by atoms with Crippen molar-refractivity contribution >= 4 is 17.7 Å². The summed E-state index contributed by atoms with van der Waals surface area (Å²) in [6.45, 7) is 1.26. The Hall–Kier alpha value is -2.71. The minimum absolute atomic E-state index is 0.0872. The highest BCUT2D eigenvalue weighted by molar-refractivity contribution is 7.99. The first kappa shape index (κ1) is 18.6. The van der Waals surface area contributed by atoms with Gasteiger partial charge in [0.15, 0.2) is 5.82 Å². The van der Waals surface area contributed by atoms with E-state index in [0.717, 1.165) is 35.7 Å². The number of nitrogens with zero attached hydrogens (tertiary/aromatic N) is 4. The predicted octanol–water partition coefficient (Wildman–Crippen LogP) is 2.86. The van der Waals surface area contributed by atoms with E-state index in [-0.39, 0.29) is 12.0 Å². The molecule has 2 aromatic heterocycles. The molecule has 3 heterocycles. The van der Waals surface area contributed by atoms with Crippen LogP contribution in [0.15, 0.2) is 60.1 Å². The van der Waals surface area contributed by atoms with Crippen molar-refractivity contribution in [1.29, 1.82) is 0 Å². The Kier molecular flexibility index (Phi) is 5.98. The summed E-state index contributed by atoms with van der Waals surface area (Å²) in [7, 11) is 0. The molecule has 1 aromatic carbocycles. The summed E-state index contributed by atoms with van der Waals surface area (Å²) in [4.78, 5) is 21.9. The summed E-state index contributed by atoms with van der Waals surface area (Å²) in [5.74, 6) is 1.47. The second-order valence-electron chi connectivity index (χ2n) is 6.49. The number of nitrogens with one attached hydrogen (secondary N) is 1. The molecular weight excluding hydrogens is 374 g/mol. The van der Waals surface area contributed by atoms with Gasteiger partial charge in [0.25, 0.3) is 5.91 Å². The van der Waals surface area contributed by atoms with Crippen molar-refractivity contribution in [2.45, 2.75) is 30.4 Å². The largest absolute Gasteiger partial charge is 0.377 e. The van der Waals surface area contributed by atoms with E-state index < -0.39 is 0 Å². The molecule has 1 atom stereocenters. The van der Waals surface area contributed by atoms with Crippen LogP contribution in [-0.2, 0) is 11.3 Å². The van der Waals surface area contributed by atoms with Gasteiger partial charge in [0.2, 0.25) is 0 Å². The van der Waals surface area contributed by atoms with Gasteiger partial charge in [-0.3, -0.25) is 4.79 Å². The topological polar surface area (TPSA) is 81.9 Å². The van der Waals surface area contributed by atoms with Crippen molar-refractivity contribution in [2.24, 2.45) is 0 Å². The van der Waals surface area contributed by atoms with E-state index in [1.807, 2.05) is 36.4 Å². The summed E-state index contributed by atoms with van der Waals surface area (Å²) in [5, 5.41) is 7.03. The molecule has 1 fully saturated rings. The van der Waals surface area contributed by atoms with E-state index in [4.69, 9.17) is 4.74 Å². The second-order valence-corrected chi connectivity index (χ2v) is 7.55. The van der Waals surface area contributed by atoms with Gasteiger partial charge in [-0.2, -0.15) is 5.10 Å².